The summed E-state index contributed by atoms with van der Waals surface area (Å²) in [6.07, 6.45) is 0.416. The van der Waals surface area contributed by atoms with Crippen molar-refractivity contribution >= 4 is 29.7 Å². The zero-order valence-electron chi connectivity index (χ0n) is 11.8. The van der Waals surface area contributed by atoms with Crippen LogP contribution in [0.4, 0.5) is 4.79 Å². The van der Waals surface area contributed by atoms with Gasteiger partial charge in [-0.2, -0.15) is 11.8 Å². The fraction of sp³-hybridized carbons (Fsp3) is 0.357. The number of carbonyl (C=O) groups is 3. The largest absolute Gasteiger partial charge is 0.479 e. The van der Waals surface area contributed by atoms with E-state index in [2.05, 4.69) is 10.6 Å². The van der Waals surface area contributed by atoms with Gasteiger partial charge in [0.25, 0.3) is 5.91 Å². The third-order valence-corrected chi connectivity index (χ3v) is 4.66. The topological polar surface area (TPSA) is 122 Å². The van der Waals surface area contributed by atoms with Gasteiger partial charge in [0.1, 0.15) is 5.54 Å². The number of aliphatic carboxylic acids is 1. The highest BCUT2D eigenvalue weighted by Crippen LogP contribution is 2.28. The van der Waals surface area contributed by atoms with E-state index in [9.17, 15) is 19.5 Å². The molecule has 5 N–H and O–H groups in total. The van der Waals surface area contributed by atoms with E-state index >= 15 is 0 Å². The van der Waals surface area contributed by atoms with Crippen LogP contribution in [0, 0.1) is 0 Å². The van der Waals surface area contributed by atoms with E-state index in [4.69, 9.17) is 5.73 Å². The zero-order valence-corrected chi connectivity index (χ0v) is 12.6. The Balaban J connectivity index is 2.03. The van der Waals surface area contributed by atoms with Crippen LogP contribution in [0.15, 0.2) is 24.3 Å². The summed E-state index contributed by atoms with van der Waals surface area (Å²) in [6, 6.07) is 5.92. The van der Waals surface area contributed by atoms with Crippen molar-refractivity contribution in [2.45, 2.75) is 18.5 Å². The molecule has 1 heterocycles. The third kappa shape index (κ3) is 3.70. The predicted molar refractivity (Wildman–Crippen MR) is 82.6 cm³/mol. The summed E-state index contributed by atoms with van der Waals surface area (Å²) in [6.45, 7) is 0.271. The maximum atomic E-state index is 12.2. The molecule has 1 aliphatic rings. The molecule has 1 aromatic carbocycles. The van der Waals surface area contributed by atoms with Crippen molar-refractivity contribution in [1.82, 2.24) is 10.6 Å². The minimum Gasteiger partial charge on any atom is -0.479 e. The molecule has 7 nitrogen and oxygen atoms in total. The van der Waals surface area contributed by atoms with Gasteiger partial charge in [0.05, 0.1) is 0 Å². The highest BCUT2D eigenvalue weighted by molar-refractivity contribution is 7.99. The molecule has 0 unspecified atom stereocenters. The summed E-state index contributed by atoms with van der Waals surface area (Å²) in [5.74, 6) is -0.341. The summed E-state index contributed by atoms with van der Waals surface area (Å²) < 4.78 is 0. The summed E-state index contributed by atoms with van der Waals surface area (Å²) in [4.78, 5) is 34.3. The van der Waals surface area contributed by atoms with Gasteiger partial charge in [-0.3, -0.25) is 4.79 Å². The van der Waals surface area contributed by atoms with Crippen LogP contribution in [0.5, 0.6) is 0 Å². The number of amides is 3. The molecular formula is C14H17N3O4S. The maximum Gasteiger partial charge on any atom is 0.330 e. The van der Waals surface area contributed by atoms with E-state index in [-0.39, 0.29) is 6.54 Å². The van der Waals surface area contributed by atoms with Gasteiger partial charge in [-0.25, -0.2) is 9.59 Å². The van der Waals surface area contributed by atoms with Gasteiger partial charge < -0.3 is 21.5 Å². The van der Waals surface area contributed by atoms with Crippen molar-refractivity contribution in [2.75, 3.05) is 11.5 Å². The SMILES string of the molecule is NC(=O)NCc1ccc(C(=O)N[C@]2(C(=O)O)CCSC2)cc1. The Kier molecular flexibility index (Phi) is 4.92. The lowest BCUT2D eigenvalue weighted by molar-refractivity contribution is -0.143. The number of urea groups is 1. The van der Waals surface area contributed by atoms with Crippen LogP contribution in [0.1, 0.15) is 22.3 Å². The molecule has 0 aliphatic carbocycles. The number of carboxylic acids is 1. The molecule has 0 aromatic heterocycles. The molecule has 0 radical (unpaired) electrons. The average molecular weight is 323 g/mol. The number of nitrogens with one attached hydrogen (secondary N) is 2. The Morgan fingerprint density at radius 1 is 1.27 bits per heavy atom. The van der Waals surface area contributed by atoms with Crippen molar-refractivity contribution in [3.8, 4) is 0 Å². The number of carbonyl (C=O) groups excluding carboxylic acids is 2. The van der Waals surface area contributed by atoms with Crippen molar-refractivity contribution in [1.29, 1.82) is 0 Å². The van der Waals surface area contributed by atoms with Gasteiger partial charge in [0.15, 0.2) is 0 Å². The summed E-state index contributed by atoms with van der Waals surface area (Å²) in [7, 11) is 0. The number of hydrogen-bond acceptors (Lipinski definition) is 4. The quantitative estimate of drug-likeness (QED) is 0.630. The van der Waals surface area contributed by atoms with Gasteiger partial charge >= 0.3 is 12.0 Å². The first kappa shape index (κ1) is 16.2. The van der Waals surface area contributed by atoms with E-state index < -0.39 is 23.4 Å². The lowest BCUT2D eigenvalue weighted by atomic mass is 9.98. The maximum absolute atomic E-state index is 12.2. The van der Waals surface area contributed by atoms with Crippen molar-refractivity contribution < 1.29 is 19.5 Å². The van der Waals surface area contributed by atoms with Crippen LogP contribution in [0.25, 0.3) is 0 Å². The number of benzene rings is 1. The minimum atomic E-state index is -1.19. The third-order valence-electron chi connectivity index (χ3n) is 3.47. The van der Waals surface area contributed by atoms with Crippen LogP contribution in [0.2, 0.25) is 0 Å². The molecule has 0 spiro atoms. The molecular weight excluding hydrogens is 306 g/mol. The monoisotopic (exact) mass is 323 g/mol. The molecule has 0 bridgehead atoms. The molecule has 118 valence electrons. The lowest BCUT2D eigenvalue weighted by Gasteiger charge is -2.24. The Hall–Kier alpha value is -2.22. The normalized spacial score (nSPS) is 20.4. The van der Waals surface area contributed by atoms with Gasteiger partial charge in [-0.05, 0) is 29.9 Å². The van der Waals surface area contributed by atoms with Crippen LogP contribution in [-0.2, 0) is 11.3 Å². The first-order valence-electron chi connectivity index (χ1n) is 6.69. The van der Waals surface area contributed by atoms with Crippen molar-refractivity contribution in [2.24, 2.45) is 5.73 Å². The van der Waals surface area contributed by atoms with Crippen LogP contribution in [-0.4, -0.2) is 40.1 Å². The highest BCUT2D eigenvalue weighted by atomic mass is 32.2. The smallest absolute Gasteiger partial charge is 0.330 e. The fourth-order valence-corrected chi connectivity index (χ4v) is 3.46. The van der Waals surface area contributed by atoms with Crippen LogP contribution < -0.4 is 16.4 Å². The van der Waals surface area contributed by atoms with Gasteiger partial charge in [-0.15, -0.1) is 0 Å². The summed E-state index contributed by atoms with van der Waals surface area (Å²) >= 11 is 1.51. The molecule has 1 fully saturated rings. The Labute approximate surface area is 131 Å². The van der Waals surface area contributed by atoms with E-state index in [0.29, 0.717) is 23.5 Å². The second kappa shape index (κ2) is 6.69. The molecule has 0 saturated carbocycles. The number of carboxylic acid groups (broad SMARTS) is 1. The molecule has 1 aromatic rings. The number of nitrogens with two attached hydrogens (primary N) is 1. The molecule has 1 aliphatic heterocycles. The lowest BCUT2D eigenvalue weighted by Crippen LogP contribution is -2.54. The van der Waals surface area contributed by atoms with Crippen molar-refractivity contribution in [3.63, 3.8) is 0 Å². The molecule has 2 rings (SSSR count). The van der Waals surface area contributed by atoms with Gasteiger partial charge in [-0.1, -0.05) is 12.1 Å². The van der Waals surface area contributed by atoms with Crippen molar-refractivity contribution in [3.05, 3.63) is 35.4 Å². The van der Waals surface area contributed by atoms with Crippen LogP contribution in [0.3, 0.4) is 0 Å². The molecule has 1 atom stereocenters. The summed E-state index contributed by atoms with van der Waals surface area (Å²) in [5.41, 5.74) is 4.96. The number of primary amides is 1. The standard InChI is InChI=1S/C14H17N3O4S/c15-13(21)16-7-9-1-3-10(4-2-9)11(18)17-14(12(19)20)5-6-22-8-14/h1-4H,5-8H2,(H,17,18)(H,19,20)(H3,15,16,21)/t14-/m1/s1. The Morgan fingerprint density at radius 3 is 2.45 bits per heavy atom. The molecule has 8 heteroatoms. The van der Waals surface area contributed by atoms with E-state index in [1.54, 1.807) is 24.3 Å². The highest BCUT2D eigenvalue weighted by Gasteiger charge is 2.43. The molecule has 1 saturated heterocycles. The average Bonchev–Trinajstić information content (AvgIpc) is 2.95. The van der Waals surface area contributed by atoms with Gasteiger partial charge in [0, 0.05) is 17.9 Å². The fourth-order valence-electron chi connectivity index (χ4n) is 2.14. The summed E-state index contributed by atoms with van der Waals surface area (Å²) in [5, 5.41) is 14.4. The number of thioether (sulfide) groups is 1. The Morgan fingerprint density at radius 2 is 1.95 bits per heavy atom. The first-order valence-corrected chi connectivity index (χ1v) is 7.84. The van der Waals surface area contributed by atoms with Gasteiger partial charge in [0.2, 0.25) is 0 Å². The minimum absolute atomic E-state index is 0.271. The predicted octanol–water partition coefficient (Wildman–Crippen LogP) is 0.545. The number of rotatable bonds is 5. The zero-order chi connectivity index (χ0) is 16.2. The first-order chi connectivity index (χ1) is 10.4. The van der Waals surface area contributed by atoms with Crippen LogP contribution >= 0.6 is 11.8 Å². The second-order valence-corrected chi connectivity index (χ2v) is 6.16. The number of hydrogen-bond donors (Lipinski definition) is 4. The Bertz CT molecular complexity index is 582. The second-order valence-electron chi connectivity index (χ2n) is 5.06. The van der Waals surface area contributed by atoms with E-state index in [0.717, 1.165) is 5.56 Å². The molecule has 3 amide bonds. The van der Waals surface area contributed by atoms with E-state index in [1.807, 2.05) is 0 Å². The van der Waals surface area contributed by atoms with E-state index in [1.165, 1.54) is 11.8 Å². The molecule has 22 heavy (non-hydrogen) atoms.